The number of hydrogen-bond acceptors (Lipinski definition) is 6. The van der Waals surface area contributed by atoms with Gasteiger partial charge in [-0.2, -0.15) is 0 Å². The highest BCUT2D eigenvalue weighted by Crippen LogP contribution is 2.22. The fourth-order valence-electron chi connectivity index (χ4n) is 1.89. The number of aromatic nitrogens is 1. The summed E-state index contributed by atoms with van der Waals surface area (Å²) in [5, 5.41) is 10.6. The quantitative estimate of drug-likeness (QED) is 0.813. The zero-order chi connectivity index (χ0) is 16.1. The Morgan fingerprint density at radius 2 is 2.18 bits per heavy atom. The van der Waals surface area contributed by atoms with Gasteiger partial charge in [-0.05, 0) is 32.5 Å². The zero-order valence-corrected chi connectivity index (χ0v) is 13.4. The summed E-state index contributed by atoms with van der Waals surface area (Å²) in [5.41, 5.74) is 0. The molecule has 0 aromatic carbocycles. The van der Waals surface area contributed by atoms with Crippen LogP contribution >= 0.6 is 11.3 Å². The van der Waals surface area contributed by atoms with E-state index in [1.807, 2.05) is 36.5 Å². The van der Waals surface area contributed by atoms with Gasteiger partial charge in [0.05, 0.1) is 6.04 Å². The molecule has 7 nitrogen and oxygen atoms in total. The van der Waals surface area contributed by atoms with E-state index in [1.165, 1.54) is 0 Å². The minimum Gasteiger partial charge on any atom is -0.360 e. The smallest absolute Gasteiger partial charge is 0.314 e. The van der Waals surface area contributed by atoms with Gasteiger partial charge in [-0.25, -0.2) is 0 Å². The normalized spacial score (nSPS) is 12.2. The van der Waals surface area contributed by atoms with Crippen LogP contribution in [0.25, 0.3) is 0 Å². The van der Waals surface area contributed by atoms with Crippen molar-refractivity contribution in [1.29, 1.82) is 0 Å². The van der Waals surface area contributed by atoms with E-state index < -0.39 is 11.8 Å². The summed E-state index contributed by atoms with van der Waals surface area (Å²) >= 11 is 1.61. The molecule has 22 heavy (non-hydrogen) atoms. The predicted molar refractivity (Wildman–Crippen MR) is 83.6 cm³/mol. The maximum atomic E-state index is 11.9. The third-order valence-electron chi connectivity index (χ3n) is 3.03. The molecule has 2 aromatic heterocycles. The first-order chi connectivity index (χ1) is 10.5. The van der Waals surface area contributed by atoms with E-state index in [0.29, 0.717) is 12.3 Å². The first-order valence-corrected chi connectivity index (χ1v) is 7.57. The lowest BCUT2D eigenvalue weighted by molar-refractivity contribution is -0.136. The van der Waals surface area contributed by atoms with E-state index in [2.05, 4.69) is 15.8 Å². The molecule has 2 amide bonds. The lowest BCUT2D eigenvalue weighted by Crippen LogP contribution is -2.40. The molecule has 2 N–H and O–H groups in total. The number of carbonyl (C=O) groups is 2. The van der Waals surface area contributed by atoms with Crippen LogP contribution in [0.5, 0.6) is 0 Å². The predicted octanol–water partition coefficient (Wildman–Crippen LogP) is 1.40. The van der Waals surface area contributed by atoms with Gasteiger partial charge in [0.2, 0.25) is 0 Å². The van der Waals surface area contributed by atoms with E-state index in [-0.39, 0.29) is 11.9 Å². The first-order valence-electron chi connectivity index (χ1n) is 6.69. The Kier molecular flexibility index (Phi) is 5.29. The largest absolute Gasteiger partial charge is 0.360 e. The summed E-state index contributed by atoms with van der Waals surface area (Å²) in [5.74, 6) is -0.692. The highest BCUT2D eigenvalue weighted by Gasteiger charge is 2.20. The first kappa shape index (κ1) is 16.2. The van der Waals surface area contributed by atoms with E-state index in [0.717, 1.165) is 4.88 Å². The molecule has 0 bridgehead atoms. The summed E-state index contributed by atoms with van der Waals surface area (Å²) < 4.78 is 4.82. The third kappa shape index (κ3) is 4.15. The van der Waals surface area contributed by atoms with Crippen molar-refractivity contribution in [3.05, 3.63) is 34.2 Å². The third-order valence-corrected chi connectivity index (χ3v) is 4.00. The van der Waals surface area contributed by atoms with Crippen LogP contribution in [0.15, 0.2) is 28.1 Å². The molecule has 0 aliphatic heterocycles. The average Bonchev–Trinajstić information content (AvgIpc) is 3.10. The van der Waals surface area contributed by atoms with Crippen molar-refractivity contribution in [3.63, 3.8) is 0 Å². The Morgan fingerprint density at radius 1 is 1.41 bits per heavy atom. The number of nitrogens with one attached hydrogen (secondary N) is 2. The summed E-state index contributed by atoms with van der Waals surface area (Å²) in [4.78, 5) is 26.7. The van der Waals surface area contributed by atoms with Gasteiger partial charge in [0, 0.05) is 17.5 Å². The number of amides is 2. The molecule has 0 aliphatic rings. The van der Waals surface area contributed by atoms with Crippen LogP contribution < -0.4 is 10.6 Å². The van der Waals surface area contributed by atoms with Gasteiger partial charge in [0.1, 0.15) is 5.76 Å². The van der Waals surface area contributed by atoms with Crippen molar-refractivity contribution < 1.29 is 14.1 Å². The standard InChI is InChI=1S/C14H18N4O3S/c1-9-7-12(17-21-9)16-14(20)13(19)15-8-10(18(2)3)11-5-4-6-22-11/h4-7,10H,8H2,1-3H3,(H,15,19)(H,16,17,20)/t10-/m0/s1. The topological polar surface area (TPSA) is 87.5 Å². The molecule has 0 radical (unpaired) electrons. The van der Waals surface area contributed by atoms with Gasteiger partial charge in [0.25, 0.3) is 0 Å². The fraction of sp³-hybridized carbons (Fsp3) is 0.357. The van der Waals surface area contributed by atoms with Gasteiger partial charge in [-0.1, -0.05) is 11.2 Å². The molecular weight excluding hydrogens is 304 g/mol. The molecule has 2 aromatic rings. The molecule has 2 rings (SSSR count). The Hall–Kier alpha value is -2.19. The molecule has 1 atom stereocenters. The molecule has 2 heterocycles. The molecule has 118 valence electrons. The van der Waals surface area contributed by atoms with Crippen LogP contribution in [0.4, 0.5) is 5.82 Å². The second kappa shape index (κ2) is 7.19. The number of anilines is 1. The number of nitrogens with zero attached hydrogens (tertiary/aromatic N) is 2. The Balaban J connectivity index is 1.89. The van der Waals surface area contributed by atoms with Crippen LogP contribution in [-0.2, 0) is 9.59 Å². The molecule has 0 aliphatic carbocycles. The van der Waals surface area contributed by atoms with Gasteiger partial charge in [-0.3, -0.25) is 14.9 Å². The van der Waals surface area contributed by atoms with Crippen LogP contribution in [0.1, 0.15) is 16.7 Å². The molecule has 0 saturated heterocycles. The molecule has 0 spiro atoms. The van der Waals surface area contributed by atoms with E-state index in [9.17, 15) is 9.59 Å². The SMILES string of the molecule is Cc1cc(NC(=O)C(=O)NC[C@@H](c2cccs2)N(C)C)no1. The minimum atomic E-state index is -0.767. The lowest BCUT2D eigenvalue weighted by Gasteiger charge is -2.23. The lowest BCUT2D eigenvalue weighted by atomic mass is 10.2. The molecule has 0 unspecified atom stereocenters. The summed E-state index contributed by atoms with van der Waals surface area (Å²) in [6.07, 6.45) is 0. The Morgan fingerprint density at radius 3 is 2.73 bits per heavy atom. The van der Waals surface area contributed by atoms with Gasteiger partial charge in [-0.15, -0.1) is 11.3 Å². The highest BCUT2D eigenvalue weighted by molar-refractivity contribution is 7.10. The molecule has 0 fully saturated rings. The maximum Gasteiger partial charge on any atom is 0.314 e. The van der Waals surface area contributed by atoms with Crippen LogP contribution in [0.3, 0.4) is 0 Å². The van der Waals surface area contributed by atoms with Crippen molar-refractivity contribution >= 4 is 29.0 Å². The van der Waals surface area contributed by atoms with E-state index >= 15 is 0 Å². The minimum absolute atomic E-state index is 0.0195. The number of hydrogen-bond donors (Lipinski definition) is 2. The highest BCUT2D eigenvalue weighted by atomic mass is 32.1. The van der Waals surface area contributed by atoms with Crippen molar-refractivity contribution in [2.45, 2.75) is 13.0 Å². The second-order valence-corrected chi connectivity index (χ2v) is 5.96. The molecule has 0 saturated carbocycles. The van der Waals surface area contributed by atoms with Crippen molar-refractivity contribution in [2.24, 2.45) is 0 Å². The summed E-state index contributed by atoms with van der Waals surface area (Å²) in [7, 11) is 3.85. The van der Waals surface area contributed by atoms with Crippen molar-refractivity contribution in [3.8, 4) is 0 Å². The Bertz CT molecular complexity index is 636. The zero-order valence-electron chi connectivity index (χ0n) is 12.6. The summed E-state index contributed by atoms with van der Waals surface area (Å²) in [6.45, 7) is 2.04. The second-order valence-electron chi connectivity index (χ2n) is 4.98. The van der Waals surface area contributed by atoms with Crippen LogP contribution in [0, 0.1) is 6.92 Å². The van der Waals surface area contributed by atoms with Crippen LogP contribution in [0.2, 0.25) is 0 Å². The van der Waals surface area contributed by atoms with Gasteiger partial charge < -0.3 is 14.7 Å². The maximum absolute atomic E-state index is 11.9. The fourth-order valence-corrected chi connectivity index (χ4v) is 2.81. The number of carbonyl (C=O) groups excluding carboxylic acids is 2. The van der Waals surface area contributed by atoms with Crippen molar-refractivity contribution in [2.75, 3.05) is 26.0 Å². The van der Waals surface area contributed by atoms with Gasteiger partial charge >= 0.3 is 11.8 Å². The van der Waals surface area contributed by atoms with Crippen molar-refractivity contribution in [1.82, 2.24) is 15.4 Å². The number of aryl methyl sites for hydroxylation is 1. The van der Waals surface area contributed by atoms with E-state index in [4.69, 9.17) is 4.52 Å². The van der Waals surface area contributed by atoms with E-state index in [1.54, 1.807) is 24.3 Å². The van der Waals surface area contributed by atoms with Gasteiger partial charge in [0.15, 0.2) is 5.82 Å². The molecule has 8 heteroatoms. The monoisotopic (exact) mass is 322 g/mol. The summed E-state index contributed by atoms with van der Waals surface area (Å²) in [6, 6.07) is 5.52. The number of likely N-dealkylation sites (N-methyl/N-ethyl adjacent to an activating group) is 1. The van der Waals surface area contributed by atoms with Crippen LogP contribution in [-0.4, -0.2) is 42.5 Å². The average molecular weight is 322 g/mol. The number of rotatable bonds is 5. The number of thiophene rings is 1. The Labute approximate surface area is 132 Å². The molecular formula is C14H18N4O3S.